The van der Waals surface area contributed by atoms with E-state index in [1.54, 1.807) is 6.20 Å². The summed E-state index contributed by atoms with van der Waals surface area (Å²) in [5.41, 5.74) is 2.08. The molecule has 0 saturated carbocycles. The van der Waals surface area contributed by atoms with E-state index in [2.05, 4.69) is 15.2 Å². The number of para-hydroxylation sites is 1. The standard InChI is InChI=1S/C17H18F3N3O/c18-17(19,20)16(24)22-13-6-9-23(10-7-13)11-12-5-8-21-15-4-2-1-3-14(12)15/h1-5,8,13H,6-7,9-11H2,(H,22,24). The van der Waals surface area contributed by atoms with Gasteiger partial charge in [-0.3, -0.25) is 14.7 Å². The maximum Gasteiger partial charge on any atom is 0.471 e. The van der Waals surface area contributed by atoms with Crippen molar-refractivity contribution in [3.05, 3.63) is 42.1 Å². The van der Waals surface area contributed by atoms with Crippen molar-refractivity contribution in [3.8, 4) is 0 Å². The molecule has 0 radical (unpaired) electrons. The predicted molar refractivity (Wildman–Crippen MR) is 84.2 cm³/mol. The minimum atomic E-state index is -4.81. The summed E-state index contributed by atoms with van der Waals surface area (Å²) in [6, 6.07) is 9.44. The van der Waals surface area contributed by atoms with Crippen LogP contribution in [0, 0.1) is 0 Å². The molecule has 7 heteroatoms. The molecular weight excluding hydrogens is 319 g/mol. The summed E-state index contributed by atoms with van der Waals surface area (Å²) in [6.07, 6.45) is -2.00. The summed E-state index contributed by atoms with van der Waals surface area (Å²) in [5, 5.41) is 3.16. The predicted octanol–water partition coefficient (Wildman–Crippen LogP) is 2.88. The van der Waals surface area contributed by atoms with Gasteiger partial charge in [0.2, 0.25) is 0 Å². The Hall–Kier alpha value is -2.15. The molecule has 3 rings (SSSR count). The van der Waals surface area contributed by atoms with Gasteiger partial charge in [0.25, 0.3) is 0 Å². The number of fused-ring (bicyclic) bond motifs is 1. The molecule has 1 amide bonds. The van der Waals surface area contributed by atoms with E-state index < -0.39 is 18.1 Å². The van der Waals surface area contributed by atoms with E-state index in [-0.39, 0.29) is 0 Å². The number of hydrogen-bond donors (Lipinski definition) is 1. The highest BCUT2D eigenvalue weighted by Gasteiger charge is 2.40. The number of nitrogens with zero attached hydrogens (tertiary/aromatic N) is 2. The number of benzene rings is 1. The highest BCUT2D eigenvalue weighted by Crippen LogP contribution is 2.21. The molecule has 1 aromatic carbocycles. The van der Waals surface area contributed by atoms with Crippen LogP contribution in [0.3, 0.4) is 0 Å². The number of aromatic nitrogens is 1. The molecule has 2 heterocycles. The summed E-state index contributed by atoms with van der Waals surface area (Å²) in [6.45, 7) is 2.03. The molecule has 1 aliphatic heterocycles. The number of carbonyl (C=O) groups excluding carboxylic acids is 1. The van der Waals surface area contributed by atoms with Crippen LogP contribution < -0.4 is 5.32 Å². The first kappa shape index (κ1) is 16.7. The number of halogens is 3. The number of rotatable bonds is 3. The molecule has 1 aliphatic rings. The molecule has 1 aromatic heterocycles. The minimum Gasteiger partial charge on any atom is -0.345 e. The lowest BCUT2D eigenvalue weighted by Crippen LogP contribution is -2.48. The number of pyridine rings is 1. The maximum atomic E-state index is 12.3. The Bertz CT molecular complexity index is 719. The second-order valence-electron chi connectivity index (χ2n) is 6.01. The van der Waals surface area contributed by atoms with Crippen LogP contribution in [0.1, 0.15) is 18.4 Å². The van der Waals surface area contributed by atoms with Crippen molar-refractivity contribution in [3.63, 3.8) is 0 Å². The van der Waals surface area contributed by atoms with Crippen molar-refractivity contribution < 1.29 is 18.0 Å². The van der Waals surface area contributed by atoms with Crippen LogP contribution in [0.2, 0.25) is 0 Å². The van der Waals surface area contributed by atoms with Gasteiger partial charge in [0.1, 0.15) is 0 Å². The van der Waals surface area contributed by atoms with Crippen molar-refractivity contribution >= 4 is 16.8 Å². The molecule has 1 fully saturated rings. The number of carbonyl (C=O) groups is 1. The second kappa shape index (κ2) is 6.76. The van der Waals surface area contributed by atoms with Crippen molar-refractivity contribution in [2.24, 2.45) is 0 Å². The zero-order chi connectivity index (χ0) is 17.2. The Morgan fingerprint density at radius 2 is 1.92 bits per heavy atom. The van der Waals surface area contributed by atoms with E-state index in [9.17, 15) is 18.0 Å². The van der Waals surface area contributed by atoms with E-state index in [4.69, 9.17) is 0 Å². The number of likely N-dealkylation sites (tertiary alicyclic amines) is 1. The third-order valence-corrected chi connectivity index (χ3v) is 4.31. The topological polar surface area (TPSA) is 45.2 Å². The fourth-order valence-electron chi connectivity index (χ4n) is 3.04. The SMILES string of the molecule is O=C(NC1CCN(Cc2ccnc3ccccc23)CC1)C(F)(F)F. The Morgan fingerprint density at radius 3 is 2.62 bits per heavy atom. The van der Waals surface area contributed by atoms with Gasteiger partial charge in [0, 0.05) is 37.3 Å². The summed E-state index contributed by atoms with van der Waals surface area (Å²) in [5.74, 6) is -1.85. The lowest BCUT2D eigenvalue weighted by molar-refractivity contribution is -0.174. The van der Waals surface area contributed by atoms with Crippen LogP contribution in [0.25, 0.3) is 10.9 Å². The van der Waals surface area contributed by atoms with Gasteiger partial charge >= 0.3 is 12.1 Å². The van der Waals surface area contributed by atoms with Gasteiger partial charge in [0.15, 0.2) is 0 Å². The first-order valence-electron chi connectivity index (χ1n) is 7.86. The van der Waals surface area contributed by atoms with Gasteiger partial charge in [-0.2, -0.15) is 13.2 Å². The molecular formula is C17H18F3N3O. The highest BCUT2D eigenvalue weighted by atomic mass is 19.4. The Kier molecular flexibility index (Phi) is 4.71. The quantitative estimate of drug-likeness (QED) is 0.937. The van der Waals surface area contributed by atoms with E-state index in [0.717, 1.165) is 23.0 Å². The Labute approximate surface area is 137 Å². The number of alkyl halides is 3. The van der Waals surface area contributed by atoms with Crippen LogP contribution in [-0.4, -0.2) is 41.1 Å². The summed E-state index contributed by atoms with van der Waals surface area (Å²) in [7, 11) is 0. The molecule has 2 aromatic rings. The van der Waals surface area contributed by atoms with E-state index in [1.165, 1.54) is 0 Å². The Morgan fingerprint density at radius 1 is 1.21 bits per heavy atom. The zero-order valence-electron chi connectivity index (χ0n) is 13.0. The number of piperidine rings is 1. The first-order valence-corrected chi connectivity index (χ1v) is 7.86. The monoisotopic (exact) mass is 337 g/mol. The molecule has 0 bridgehead atoms. The summed E-state index contributed by atoms with van der Waals surface area (Å²) >= 11 is 0. The van der Waals surface area contributed by atoms with Gasteiger partial charge in [0.05, 0.1) is 5.52 Å². The van der Waals surface area contributed by atoms with Gasteiger partial charge in [-0.15, -0.1) is 0 Å². The summed E-state index contributed by atoms with van der Waals surface area (Å²) in [4.78, 5) is 17.5. The highest BCUT2D eigenvalue weighted by molar-refractivity contribution is 5.82. The summed E-state index contributed by atoms with van der Waals surface area (Å²) < 4.78 is 36.9. The number of nitrogens with one attached hydrogen (secondary N) is 1. The normalized spacial score (nSPS) is 17.1. The molecule has 0 spiro atoms. The second-order valence-corrected chi connectivity index (χ2v) is 6.01. The largest absolute Gasteiger partial charge is 0.471 e. The van der Waals surface area contributed by atoms with Gasteiger partial charge in [-0.05, 0) is 30.5 Å². The fraction of sp³-hybridized carbons (Fsp3) is 0.412. The molecule has 0 unspecified atom stereocenters. The molecule has 1 saturated heterocycles. The van der Waals surface area contributed by atoms with Crippen LogP contribution in [0.4, 0.5) is 13.2 Å². The molecule has 0 atom stereocenters. The average molecular weight is 337 g/mol. The molecule has 128 valence electrons. The number of hydrogen-bond acceptors (Lipinski definition) is 3. The van der Waals surface area contributed by atoms with Crippen molar-refractivity contribution in [2.45, 2.75) is 31.6 Å². The van der Waals surface area contributed by atoms with Crippen LogP contribution in [0.15, 0.2) is 36.5 Å². The van der Waals surface area contributed by atoms with Crippen molar-refractivity contribution in [2.75, 3.05) is 13.1 Å². The minimum absolute atomic E-state index is 0.412. The first-order chi connectivity index (χ1) is 11.4. The van der Waals surface area contributed by atoms with Crippen LogP contribution >= 0.6 is 0 Å². The van der Waals surface area contributed by atoms with Crippen LogP contribution in [-0.2, 0) is 11.3 Å². The Balaban J connectivity index is 1.58. The third kappa shape index (κ3) is 3.84. The van der Waals surface area contributed by atoms with Gasteiger partial charge in [-0.25, -0.2) is 0 Å². The zero-order valence-corrected chi connectivity index (χ0v) is 13.0. The molecule has 0 aliphatic carbocycles. The fourth-order valence-corrected chi connectivity index (χ4v) is 3.04. The van der Waals surface area contributed by atoms with E-state index in [0.29, 0.717) is 25.9 Å². The lowest BCUT2D eigenvalue weighted by atomic mass is 10.0. The van der Waals surface area contributed by atoms with E-state index >= 15 is 0 Å². The maximum absolute atomic E-state index is 12.3. The lowest BCUT2D eigenvalue weighted by Gasteiger charge is -2.32. The molecule has 1 N–H and O–H groups in total. The average Bonchev–Trinajstić information content (AvgIpc) is 2.56. The number of amides is 1. The van der Waals surface area contributed by atoms with Crippen molar-refractivity contribution in [1.82, 2.24) is 15.2 Å². The van der Waals surface area contributed by atoms with Crippen molar-refractivity contribution in [1.29, 1.82) is 0 Å². The third-order valence-electron chi connectivity index (χ3n) is 4.31. The van der Waals surface area contributed by atoms with E-state index in [1.807, 2.05) is 30.3 Å². The smallest absolute Gasteiger partial charge is 0.345 e. The molecule has 4 nitrogen and oxygen atoms in total. The van der Waals surface area contributed by atoms with Crippen LogP contribution in [0.5, 0.6) is 0 Å². The van der Waals surface area contributed by atoms with Gasteiger partial charge < -0.3 is 5.32 Å². The van der Waals surface area contributed by atoms with Gasteiger partial charge in [-0.1, -0.05) is 18.2 Å². The molecule has 24 heavy (non-hydrogen) atoms.